The van der Waals surface area contributed by atoms with Crippen molar-refractivity contribution in [3.63, 3.8) is 0 Å². The normalized spacial score (nSPS) is 22.9. The van der Waals surface area contributed by atoms with E-state index in [4.69, 9.17) is 4.74 Å². The van der Waals surface area contributed by atoms with Crippen molar-refractivity contribution in [1.29, 1.82) is 0 Å². The number of benzene rings is 2. The molecule has 0 spiro atoms. The number of hydrogen-bond donors (Lipinski definition) is 1. The molecule has 6 nitrogen and oxygen atoms in total. The zero-order valence-corrected chi connectivity index (χ0v) is 26.8. The van der Waals surface area contributed by atoms with Crippen LogP contribution >= 0.6 is 0 Å². The van der Waals surface area contributed by atoms with E-state index in [1.165, 1.54) is 11.1 Å². The Morgan fingerprint density at radius 1 is 0.714 bits per heavy atom. The van der Waals surface area contributed by atoms with Gasteiger partial charge >= 0.3 is 11.9 Å². The van der Waals surface area contributed by atoms with E-state index in [1.54, 1.807) is 0 Å². The lowest BCUT2D eigenvalue weighted by molar-refractivity contribution is -0.158. The highest BCUT2D eigenvalue weighted by Gasteiger charge is 2.49. The van der Waals surface area contributed by atoms with Gasteiger partial charge < -0.3 is 9.84 Å². The van der Waals surface area contributed by atoms with Crippen LogP contribution < -0.4 is 0 Å². The monoisotopic (exact) mass is 574 g/mol. The largest absolute Gasteiger partial charge is 0.478 e. The molecule has 42 heavy (non-hydrogen) atoms. The summed E-state index contributed by atoms with van der Waals surface area (Å²) in [7, 11) is 0. The first kappa shape index (κ1) is 32.0. The number of carboxylic acids is 1. The van der Waals surface area contributed by atoms with E-state index in [2.05, 4.69) is 114 Å². The van der Waals surface area contributed by atoms with Crippen LogP contribution in [-0.4, -0.2) is 55.1 Å². The van der Waals surface area contributed by atoms with E-state index in [0.29, 0.717) is 25.7 Å². The van der Waals surface area contributed by atoms with Crippen LogP contribution in [0.2, 0.25) is 0 Å². The fourth-order valence-electron chi connectivity index (χ4n) is 7.93. The van der Waals surface area contributed by atoms with Crippen molar-refractivity contribution in [1.82, 2.24) is 9.80 Å². The number of piperidine rings is 2. The second kappa shape index (κ2) is 12.0. The van der Waals surface area contributed by atoms with E-state index in [0.717, 1.165) is 19.2 Å². The summed E-state index contributed by atoms with van der Waals surface area (Å²) in [5.41, 5.74) is 1.83. The fourth-order valence-corrected chi connectivity index (χ4v) is 7.93. The summed E-state index contributed by atoms with van der Waals surface area (Å²) in [6, 6.07) is 20.9. The zero-order valence-electron chi connectivity index (χ0n) is 26.8. The highest BCUT2D eigenvalue weighted by molar-refractivity contribution is 5.96. The van der Waals surface area contributed by atoms with Gasteiger partial charge in [-0.25, -0.2) is 9.59 Å². The molecule has 2 heterocycles. The Labute approximate surface area is 252 Å². The lowest BCUT2D eigenvalue weighted by atomic mass is 9.70. The number of ether oxygens (including phenoxy) is 1. The van der Waals surface area contributed by atoms with E-state index in [1.807, 2.05) is 12.1 Å². The average molecular weight is 575 g/mol. The van der Waals surface area contributed by atoms with Crippen molar-refractivity contribution in [2.75, 3.05) is 0 Å². The molecule has 228 valence electrons. The van der Waals surface area contributed by atoms with Crippen LogP contribution in [0.1, 0.15) is 92.2 Å². The number of carbonyl (C=O) groups is 2. The van der Waals surface area contributed by atoms with E-state index < -0.39 is 11.9 Å². The second-order valence-corrected chi connectivity index (χ2v) is 14.9. The van der Waals surface area contributed by atoms with E-state index >= 15 is 0 Å². The molecule has 0 aromatic heterocycles. The third-order valence-electron chi connectivity index (χ3n) is 9.46. The molecule has 1 N–H and O–H groups in total. The third-order valence-corrected chi connectivity index (χ3v) is 9.46. The maximum atomic E-state index is 13.9. The fraction of sp³-hybridized carbons (Fsp3) is 0.556. The van der Waals surface area contributed by atoms with Gasteiger partial charge in [0.15, 0.2) is 0 Å². The molecule has 2 fully saturated rings. The van der Waals surface area contributed by atoms with Crippen LogP contribution in [0.25, 0.3) is 0 Å². The molecule has 0 bridgehead atoms. The molecule has 0 unspecified atom stereocenters. The molecule has 0 aliphatic carbocycles. The molecule has 2 aromatic rings. The Balaban J connectivity index is 1.52. The van der Waals surface area contributed by atoms with Gasteiger partial charge in [0.05, 0.1) is 0 Å². The van der Waals surface area contributed by atoms with Gasteiger partial charge in [-0.1, -0.05) is 60.7 Å². The maximum Gasteiger partial charge on any atom is 0.334 e. The van der Waals surface area contributed by atoms with Gasteiger partial charge in [-0.15, -0.1) is 0 Å². The lowest BCUT2D eigenvalue weighted by Crippen LogP contribution is -2.62. The predicted octanol–water partition coefficient (Wildman–Crippen LogP) is 7.23. The van der Waals surface area contributed by atoms with E-state index in [-0.39, 0.29) is 39.8 Å². The van der Waals surface area contributed by atoms with Gasteiger partial charge in [0, 0.05) is 59.7 Å². The van der Waals surface area contributed by atoms with Crippen LogP contribution in [0.15, 0.2) is 72.3 Å². The van der Waals surface area contributed by atoms with Gasteiger partial charge in [-0.05, 0) is 85.3 Å². The van der Waals surface area contributed by atoms with Gasteiger partial charge in [-0.2, -0.15) is 0 Å². The molecule has 2 saturated heterocycles. The molecule has 2 aromatic carbocycles. The summed E-state index contributed by atoms with van der Waals surface area (Å²) >= 11 is 0. The quantitative estimate of drug-likeness (QED) is 0.265. The zero-order chi connectivity index (χ0) is 30.9. The summed E-state index contributed by atoms with van der Waals surface area (Å²) in [5.74, 6) is -1.81. The maximum absolute atomic E-state index is 13.9. The number of carbonyl (C=O) groups excluding carboxylic acids is 1. The summed E-state index contributed by atoms with van der Waals surface area (Å²) in [6.07, 6.45) is 3.51. The Bertz CT molecular complexity index is 1240. The van der Waals surface area contributed by atoms with Gasteiger partial charge in [0.1, 0.15) is 6.10 Å². The number of aliphatic carboxylic acids is 1. The second-order valence-electron chi connectivity index (χ2n) is 14.9. The molecule has 0 atom stereocenters. The summed E-state index contributed by atoms with van der Waals surface area (Å²) < 4.78 is 6.23. The first-order chi connectivity index (χ1) is 19.5. The molecule has 4 rings (SSSR count). The van der Waals surface area contributed by atoms with Crippen LogP contribution in [0.5, 0.6) is 0 Å². The summed E-state index contributed by atoms with van der Waals surface area (Å²) in [4.78, 5) is 30.8. The summed E-state index contributed by atoms with van der Waals surface area (Å²) in [5, 5.41) is 9.82. The van der Waals surface area contributed by atoms with Crippen molar-refractivity contribution in [2.24, 2.45) is 5.92 Å². The van der Waals surface area contributed by atoms with Crippen molar-refractivity contribution >= 4 is 11.9 Å². The Morgan fingerprint density at radius 2 is 1.10 bits per heavy atom. The molecular weight excluding hydrogens is 524 g/mol. The number of rotatable bonds is 8. The Hall–Kier alpha value is -2.96. The van der Waals surface area contributed by atoms with E-state index in [9.17, 15) is 14.7 Å². The van der Waals surface area contributed by atoms with Gasteiger partial charge in [-0.3, -0.25) is 9.80 Å². The molecule has 0 radical (unpaired) electrons. The summed E-state index contributed by atoms with van der Waals surface area (Å²) in [6.45, 7) is 19.2. The van der Waals surface area contributed by atoms with Crippen molar-refractivity contribution in [3.05, 3.63) is 83.4 Å². The minimum atomic E-state index is -1.11. The molecule has 2 aliphatic heterocycles. The molecule has 2 aliphatic rings. The SMILES string of the molecule is CC1(C)CC(OC(=O)C(=CC(=O)O)C2CC(C)(C)N(Cc3ccccc3)C(C)(C)C2)CC(C)(C)N1Cc1ccccc1. The lowest BCUT2D eigenvalue weighted by Gasteiger charge is -2.56. The van der Waals surface area contributed by atoms with Gasteiger partial charge in [0.2, 0.25) is 0 Å². The van der Waals surface area contributed by atoms with Crippen molar-refractivity contribution in [2.45, 2.75) is 122 Å². The predicted molar refractivity (Wildman–Crippen MR) is 168 cm³/mol. The van der Waals surface area contributed by atoms with Gasteiger partial charge in [0.25, 0.3) is 0 Å². The minimum absolute atomic E-state index is 0.216. The van der Waals surface area contributed by atoms with Crippen molar-refractivity contribution in [3.8, 4) is 0 Å². The van der Waals surface area contributed by atoms with Crippen LogP contribution in [0.4, 0.5) is 0 Å². The Morgan fingerprint density at radius 3 is 1.48 bits per heavy atom. The third kappa shape index (κ3) is 7.33. The first-order valence-electron chi connectivity index (χ1n) is 15.3. The number of carboxylic acid groups (broad SMARTS) is 1. The minimum Gasteiger partial charge on any atom is -0.478 e. The van der Waals surface area contributed by atoms with Crippen LogP contribution in [0, 0.1) is 5.92 Å². The number of nitrogens with zero attached hydrogens (tertiary/aromatic N) is 2. The number of esters is 1. The molecule has 0 amide bonds. The van der Waals surface area contributed by atoms with Crippen LogP contribution in [-0.2, 0) is 27.4 Å². The Kier molecular flexibility index (Phi) is 9.11. The topological polar surface area (TPSA) is 70.1 Å². The molecule has 0 saturated carbocycles. The highest BCUT2D eigenvalue weighted by atomic mass is 16.5. The molecular formula is C36H50N2O4. The highest BCUT2D eigenvalue weighted by Crippen LogP contribution is 2.46. The smallest absolute Gasteiger partial charge is 0.334 e. The van der Waals surface area contributed by atoms with Crippen molar-refractivity contribution < 1.29 is 19.4 Å². The first-order valence-corrected chi connectivity index (χ1v) is 15.3. The average Bonchev–Trinajstić information content (AvgIpc) is 2.87. The standard InChI is InChI=1S/C36H50N2O4/c1-33(2)20-28(21-34(3,4)37(33)24-26-15-11-9-12-16-26)30(19-31(39)40)32(41)42-29-22-35(5,6)38(36(7,8)23-29)25-27-17-13-10-14-18-27/h9-19,28-29H,20-25H2,1-8H3,(H,39,40). The number of hydrogen-bond acceptors (Lipinski definition) is 5. The molecule has 6 heteroatoms. The van der Waals surface area contributed by atoms with Crippen LogP contribution in [0.3, 0.4) is 0 Å². The number of likely N-dealkylation sites (tertiary alicyclic amines) is 2.